The van der Waals surface area contributed by atoms with Crippen LogP contribution in [0.25, 0.3) is 0 Å². The Bertz CT molecular complexity index is 342. The first-order valence-electron chi connectivity index (χ1n) is 5.85. The maximum Gasteiger partial charge on any atom is 0.416 e. The SMILES string of the molecule is CC(C)CC(NCC(=O)N1CCOC1=O)C(=O)O. The number of carbonyl (C=O) groups is 3. The minimum absolute atomic E-state index is 0.182. The van der Waals surface area contributed by atoms with Crippen LogP contribution < -0.4 is 5.32 Å². The topological polar surface area (TPSA) is 95.9 Å². The fourth-order valence-electron chi connectivity index (χ4n) is 1.67. The summed E-state index contributed by atoms with van der Waals surface area (Å²) in [7, 11) is 0. The van der Waals surface area contributed by atoms with Crippen molar-refractivity contribution in [3.8, 4) is 0 Å². The van der Waals surface area contributed by atoms with Crippen LogP contribution >= 0.6 is 0 Å². The molecule has 1 unspecified atom stereocenters. The Morgan fingerprint density at radius 2 is 2.17 bits per heavy atom. The predicted molar refractivity (Wildman–Crippen MR) is 61.9 cm³/mol. The van der Waals surface area contributed by atoms with E-state index in [2.05, 4.69) is 10.1 Å². The summed E-state index contributed by atoms with van der Waals surface area (Å²) < 4.78 is 4.63. The summed E-state index contributed by atoms with van der Waals surface area (Å²) >= 11 is 0. The number of cyclic esters (lactones) is 1. The van der Waals surface area contributed by atoms with Gasteiger partial charge in [-0.25, -0.2) is 9.69 Å². The third kappa shape index (κ3) is 3.99. The van der Waals surface area contributed by atoms with Crippen molar-refractivity contribution in [2.24, 2.45) is 5.92 Å². The zero-order valence-electron chi connectivity index (χ0n) is 10.5. The Kier molecular flexibility index (Phi) is 5.08. The number of imide groups is 1. The normalized spacial score (nSPS) is 16.8. The highest BCUT2D eigenvalue weighted by atomic mass is 16.6. The van der Waals surface area contributed by atoms with Crippen LogP contribution in [-0.4, -0.2) is 53.7 Å². The highest BCUT2D eigenvalue weighted by molar-refractivity contribution is 5.94. The van der Waals surface area contributed by atoms with Gasteiger partial charge < -0.3 is 9.84 Å². The molecule has 0 radical (unpaired) electrons. The van der Waals surface area contributed by atoms with E-state index in [1.54, 1.807) is 0 Å². The number of ether oxygens (including phenoxy) is 1. The minimum Gasteiger partial charge on any atom is -0.480 e. The molecule has 18 heavy (non-hydrogen) atoms. The van der Waals surface area contributed by atoms with Gasteiger partial charge in [0.2, 0.25) is 5.91 Å². The van der Waals surface area contributed by atoms with E-state index in [1.165, 1.54) is 0 Å². The lowest BCUT2D eigenvalue weighted by Crippen LogP contribution is -2.45. The van der Waals surface area contributed by atoms with Crippen molar-refractivity contribution in [3.63, 3.8) is 0 Å². The standard InChI is InChI=1S/C11H18N2O5/c1-7(2)5-8(10(15)16)12-6-9(14)13-3-4-18-11(13)17/h7-8,12H,3-6H2,1-2H3,(H,15,16). The molecule has 102 valence electrons. The summed E-state index contributed by atoms with van der Waals surface area (Å²) in [6, 6.07) is -0.785. The molecule has 2 N–H and O–H groups in total. The molecule has 0 aromatic carbocycles. The van der Waals surface area contributed by atoms with Gasteiger partial charge in [-0.1, -0.05) is 13.8 Å². The fourth-order valence-corrected chi connectivity index (χ4v) is 1.67. The van der Waals surface area contributed by atoms with E-state index >= 15 is 0 Å². The van der Waals surface area contributed by atoms with Gasteiger partial charge in [-0.3, -0.25) is 14.9 Å². The van der Waals surface area contributed by atoms with Crippen molar-refractivity contribution in [2.45, 2.75) is 26.3 Å². The van der Waals surface area contributed by atoms with Crippen molar-refractivity contribution >= 4 is 18.0 Å². The zero-order valence-corrected chi connectivity index (χ0v) is 10.5. The summed E-state index contributed by atoms with van der Waals surface area (Å²) in [5.41, 5.74) is 0. The summed E-state index contributed by atoms with van der Waals surface area (Å²) in [4.78, 5) is 34.7. The van der Waals surface area contributed by atoms with E-state index in [1.807, 2.05) is 13.8 Å². The lowest BCUT2D eigenvalue weighted by atomic mass is 10.0. The van der Waals surface area contributed by atoms with Gasteiger partial charge in [-0.15, -0.1) is 0 Å². The van der Waals surface area contributed by atoms with Gasteiger partial charge in [0.25, 0.3) is 0 Å². The molecule has 1 heterocycles. The van der Waals surface area contributed by atoms with Crippen molar-refractivity contribution in [2.75, 3.05) is 19.7 Å². The van der Waals surface area contributed by atoms with E-state index in [4.69, 9.17) is 5.11 Å². The Morgan fingerprint density at radius 1 is 1.50 bits per heavy atom. The molecule has 0 aromatic heterocycles. The average Bonchev–Trinajstić information content (AvgIpc) is 2.69. The number of hydrogen-bond acceptors (Lipinski definition) is 5. The van der Waals surface area contributed by atoms with Crippen molar-refractivity contribution < 1.29 is 24.2 Å². The summed E-state index contributed by atoms with van der Waals surface area (Å²) in [6.45, 7) is 4.04. The van der Waals surface area contributed by atoms with Crippen LogP contribution in [0.2, 0.25) is 0 Å². The lowest BCUT2D eigenvalue weighted by molar-refractivity contribution is -0.140. The quantitative estimate of drug-likeness (QED) is 0.699. The first kappa shape index (κ1) is 14.4. The van der Waals surface area contributed by atoms with Gasteiger partial charge >= 0.3 is 12.1 Å². The Morgan fingerprint density at radius 3 is 2.61 bits per heavy atom. The number of carboxylic acid groups (broad SMARTS) is 1. The maximum absolute atomic E-state index is 11.6. The molecule has 7 heteroatoms. The molecule has 0 spiro atoms. The highest BCUT2D eigenvalue weighted by Crippen LogP contribution is 2.06. The van der Waals surface area contributed by atoms with E-state index < -0.39 is 24.0 Å². The molecule has 0 aliphatic carbocycles. The van der Waals surface area contributed by atoms with Crippen LogP contribution in [0.4, 0.5) is 4.79 Å². The van der Waals surface area contributed by atoms with Gasteiger partial charge in [0, 0.05) is 0 Å². The number of nitrogens with one attached hydrogen (secondary N) is 1. The second-order valence-corrected chi connectivity index (χ2v) is 4.56. The molecule has 1 saturated heterocycles. The second-order valence-electron chi connectivity index (χ2n) is 4.56. The van der Waals surface area contributed by atoms with E-state index in [0.717, 1.165) is 4.90 Å². The number of carbonyl (C=O) groups excluding carboxylic acids is 2. The van der Waals surface area contributed by atoms with Gasteiger partial charge in [0.05, 0.1) is 13.1 Å². The number of rotatable bonds is 6. The fraction of sp³-hybridized carbons (Fsp3) is 0.727. The molecule has 1 aliphatic heterocycles. The maximum atomic E-state index is 11.6. The van der Waals surface area contributed by atoms with Crippen LogP contribution in [0.15, 0.2) is 0 Å². The number of carboxylic acids is 1. The van der Waals surface area contributed by atoms with Crippen LogP contribution in [0.5, 0.6) is 0 Å². The third-order valence-electron chi connectivity index (χ3n) is 2.57. The molecule has 1 rings (SSSR count). The van der Waals surface area contributed by atoms with E-state index in [0.29, 0.717) is 6.42 Å². The second kappa shape index (κ2) is 6.34. The van der Waals surface area contributed by atoms with Crippen LogP contribution in [-0.2, 0) is 14.3 Å². The van der Waals surface area contributed by atoms with Crippen LogP contribution in [0.1, 0.15) is 20.3 Å². The minimum atomic E-state index is -1.000. The first-order valence-corrected chi connectivity index (χ1v) is 5.85. The molecule has 1 fully saturated rings. The van der Waals surface area contributed by atoms with Gasteiger partial charge in [0.15, 0.2) is 0 Å². The Balaban J connectivity index is 2.44. The van der Waals surface area contributed by atoms with Crippen LogP contribution in [0.3, 0.4) is 0 Å². The molecule has 0 saturated carbocycles. The molecule has 0 bridgehead atoms. The van der Waals surface area contributed by atoms with Crippen molar-refractivity contribution in [3.05, 3.63) is 0 Å². The number of nitrogens with zero attached hydrogens (tertiary/aromatic N) is 1. The number of amides is 2. The number of hydrogen-bond donors (Lipinski definition) is 2. The third-order valence-corrected chi connectivity index (χ3v) is 2.57. The average molecular weight is 258 g/mol. The highest BCUT2D eigenvalue weighted by Gasteiger charge is 2.29. The summed E-state index contributed by atoms with van der Waals surface area (Å²) in [5, 5.41) is 11.6. The van der Waals surface area contributed by atoms with E-state index in [-0.39, 0.29) is 25.6 Å². The molecule has 0 aromatic rings. The van der Waals surface area contributed by atoms with E-state index in [9.17, 15) is 14.4 Å². The number of aliphatic carboxylic acids is 1. The van der Waals surface area contributed by atoms with Gasteiger partial charge in [-0.05, 0) is 12.3 Å². The molecule has 1 atom stereocenters. The largest absolute Gasteiger partial charge is 0.480 e. The Labute approximate surface area is 105 Å². The summed E-state index contributed by atoms with van der Waals surface area (Å²) in [6.07, 6.45) is -0.245. The van der Waals surface area contributed by atoms with Gasteiger partial charge in [0.1, 0.15) is 12.6 Å². The summed E-state index contributed by atoms with van der Waals surface area (Å²) in [5.74, 6) is -1.27. The molecular formula is C11H18N2O5. The smallest absolute Gasteiger partial charge is 0.416 e. The lowest BCUT2D eigenvalue weighted by Gasteiger charge is -2.17. The predicted octanol–water partition coefficient (Wildman–Crippen LogP) is 0.0541. The Hall–Kier alpha value is -1.63. The first-order chi connectivity index (χ1) is 8.41. The molecular weight excluding hydrogens is 240 g/mol. The molecule has 7 nitrogen and oxygen atoms in total. The zero-order chi connectivity index (χ0) is 13.7. The van der Waals surface area contributed by atoms with Gasteiger partial charge in [-0.2, -0.15) is 0 Å². The van der Waals surface area contributed by atoms with Crippen molar-refractivity contribution in [1.29, 1.82) is 0 Å². The molecule has 2 amide bonds. The van der Waals surface area contributed by atoms with Crippen LogP contribution in [0, 0.1) is 5.92 Å². The monoisotopic (exact) mass is 258 g/mol. The van der Waals surface area contributed by atoms with Crippen molar-refractivity contribution in [1.82, 2.24) is 10.2 Å². The molecule has 1 aliphatic rings.